The molecule has 1 fully saturated rings. The molecular weight excluding hydrogens is 216 g/mol. The minimum Gasteiger partial charge on any atom is -0.385 e. The number of carbonyl (C=O) groups excluding carboxylic acids is 1. The Morgan fingerprint density at radius 3 is 2.82 bits per heavy atom. The van der Waals surface area contributed by atoms with Crippen molar-refractivity contribution in [3.8, 4) is 0 Å². The summed E-state index contributed by atoms with van der Waals surface area (Å²) in [5.41, 5.74) is 5.82. The quantitative estimate of drug-likeness (QED) is 0.740. The molecule has 0 aromatic rings. The molecule has 4 nitrogen and oxygen atoms in total. The highest BCUT2D eigenvalue weighted by atomic mass is 16.5. The molecule has 0 radical (unpaired) electrons. The van der Waals surface area contributed by atoms with Gasteiger partial charge < -0.3 is 15.8 Å². The molecule has 0 saturated heterocycles. The van der Waals surface area contributed by atoms with Crippen molar-refractivity contribution in [2.75, 3.05) is 13.7 Å². The molecule has 3 N–H and O–H groups in total. The van der Waals surface area contributed by atoms with E-state index in [-0.39, 0.29) is 5.91 Å². The van der Waals surface area contributed by atoms with Crippen LogP contribution in [0, 0.1) is 5.92 Å². The predicted octanol–water partition coefficient (Wildman–Crippen LogP) is 1.44. The third-order valence-corrected chi connectivity index (χ3v) is 3.73. The number of carbonyl (C=O) groups is 1. The van der Waals surface area contributed by atoms with Crippen molar-refractivity contribution in [2.24, 2.45) is 11.7 Å². The lowest BCUT2D eigenvalue weighted by Crippen LogP contribution is -2.49. The molecule has 3 unspecified atom stereocenters. The van der Waals surface area contributed by atoms with Crippen LogP contribution in [0.2, 0.25) is 0 Å². The Balaban J connectivity index is 2.37. The lowest BCUT2D eigenvalue weighted by atomic mass is 9.83. The summed E-state index contributed by atoms with van der Waals surface area (Å²) in [5.74, 6) is 0.606. The number of rotatable bonds is 6. The highest BCUT2D eigenvalue weighted by Gasteiger charge is 2.26. The summed E-state index contributed by atoms with van der Waals surface area (Å²) < 4.78 is 4.93. The largest absolute Gasteiger partial charge is 0.385 e. The van der Waals surface area contributed by atoms with Gasteiger partial charge in [0.1, 0.15) is 0 Å². The topological polar surface area (TPSA) is 64.4 Å². The second kappa shape index (κ2) is 7.67. The first-order valence-electron chi connectivity index (χ1n) is 6.74. The van der Waals surface area contributed by atoms with E-state index in [2.05, 4.69) is 12.2 Å². The van der Waals surface area contributed by atoms with Crippen molar-refractivity contribution in [3.63, 3.8) is 0 Å². The van der Waals surface area contributed by atoms with Crippen LogP contribution in [0.15, 0.2) is 0 Å². The maximum atomic E-state index is 11.9. The standard InChI is InChI=1S/C13H26N2O2/c1-3-10-6-4-5-7-12(10)15-13(16)11(14)8-9-17-2/h10-12H,3-9,14H2,1-2H3,(H,15,16). The summed E-state index contributed by atoms with van der Waals surface area (Å²) in [7, 11) is 1.62. The van der Waals surface area contributed by atoms with E-state index in [0.29, 0.717) is 25.0 Å². The van der Waals surface area contributed by atoms with Gasteiger partial charge in [-0.1, -0.05) is 26.2 Å². The van der Waals surface area contributed by atoms with Gasteiger partial charge in [-0.15, -0.1) is 0 Å². The molecule has 1 saturated carbocycles. The maximum Gasteiger partial charge on any atom is 0.237 e. The second-order valence-corrected chi connectivity index (χ2v) is 4.96. The van der Waals surface area contributed by atoms with Crippen LogP contribution >= 0.6 is 0 Å². The number of methoxy groups -OCH3 is 1. The summed E-state index contributed by atoms with van der Waals surface area (Å²) in [5, 5.41) is 3.11. The highest BCUT2D eigenvalue weighted by molar-refractivity contribution is 5.81. The number of ether oxygens (including phenoxy) is 1. The minimum absolute atomic E-state index is 0.0209. The Hall–Kier alpha value is -0.610. The van der Waals surface area contributed by atoms with Crippen LogP contribution in [0.4, 0.5) is 0 Å². The molecule has 0 heterocycles. The third-order valence-electron chi connectivity index (χ3n) is 3.73. The summed E-state index contributed by atoms with van der Waals surface area (Å²) in [4.78, 5) is 11.9. The zero-order chi connectivity index (χ0) is 12.7. The van der Waals surface area contributed by atoms with Crippen LogP contribution in [0.25, 0.3) is 0 Å². The zero-order valence-corrected chi connectivity index (χ0v) is 11.1. The number of nitrogens with two attached hydrogens (primary N) is 1. The Morgan fingerprint density at radius 2 is 2.18 bits per heavy atom. The first kappa shape index (κ1) is 14.5. The first-order valence-corrected chi connectivity index (χ1v) is 6.74. The van der Waals surface area contributed by atoms with E-state index in [1.807, 2.05) is 0 Å². The van der Waals surface area contributed by atoms with Crippen molar-refractivity contribution in [2.45, 2.75) is 57.5 Å². The molecule has 1 rings (SSSR count). The maximum absolute atomic E-state index is 11.9. The predicted molar refractivity (Wildman–Crippen MR) is 68.6 cm³/mol. The smallest absolute Gasteiger partial charge is 0.237 e. The molecule has 0 spiro atoms. The lowest BCUT2D eigenvalue weighted by molar-refractivity contribution is -0.124. The van der Waals surface area contributed by atoms with Gasteiger partial charge in [0.25, 0.3) is 0 Å². The fraction of sp³-hybridized carbons (Fsp3) is 0.923. The van der Waals surface area contributed by atoms with Gasteiger partial charge in [-0.2, -0.15) is 0 Å². The summed E-state index contributed by atoms with van der Waals surface area (Å²) in [6, 6.07) is -0.107. The summed E-state index contributed by atoms with van der Waals surface area (Å²) >= 11 is 0. The van der Waals surface area contributed by atoms with E-state index >= 15 is 0 Å². The number of hydrogen-bond acceptors (Lipinski definition) is 3. The summed E-state index contributed by atoms with van der Waals surface area (Å²) in [6.45, 7) is 2.73. The number of hydrogen-bond donors (Lipinski definition) is 2. The van der Waals surface area contributed by atoms with E-state index in [1.54, 1.807) is 7.11 Å². The molecule has 1 aliphatic carbocycles. The number of nitrogens with one attached hydrogen (secondary N) is 1. The molecule has 0 bridgehead atoms. The molecule has 1 aliphatic rings. The van der Waals surface area contributed by atoms with E-state index in [1.165, 1.54) is 19.3 Å². The van der Waals surface area contributed by atoms with Crippen LogP contribution in [0.5, 0.6) is 0 Å². The number of amides is 1. The third kappa shape index (κ3) is 4.64. The molecule has 1 amide bonds. The average Bonchev–Trinajstić information content (AvgIpc) is 2.36. The minimum atomic E-state index is -0.436. The monoisotopic (exact) mass is 242 g/mol. The normalized spacial score (nSPS) is 26.5. The van der Waals surface area contributed by atoms with E-state index in [0.717, 1.165) is 12.8 Å². The van der Waals surface area contributed by atoms with Crippen LogP contribution in [0.1, 0.15) is 45.4 Å². The van der Waals surface area contributed by atoms with Crippen molar-refractivity contribution < 1.29 is 9.53 Å². The van der Waals surface area contributed by atoms with E-state index in [4.69, 9.17) is 10.5 Å². The van der Waals surface area contributed by atoms with Gasteiger partial charge in [-0.3, -0.25) is 4.79 Å². The van der Waals surface area contributed by atoms with Crippen LogP contribution < -0.4 is 11.1 Å². The molecule has 17 heavy (non-hydrogen) atoms. The van der Waals surface area contributed by atoms with Gasteiger partial charge in [0.05, 0.1) is 6.04 Å². The van der Waals surface area contributed by atoms with Gasteiger partial charge in [0.2, 0.25) is 5.91 Å². The molecule has 0 aliphatic heterocycles. The van der Waals surface area contributed by atoms with Gasteiger partial charge in [-0.25, -0.2) is 0 Å². The van der Waals surface area contributed by atoms with Gasteiger partial charge in [0, 0.05) is 19.8 Å². The van der Waals surface area contributed by atoms with Crippen molar-refractivity contribution in [1.82, 2.24) is 5.32 Å². The van der Waals surface area contributed by atoms with Crippen LogP contribution in [0.3, 0.4) is 0 Å². The van der Waals surface area contributed by atoms with E-state index in [9.17, 15) is 4.79 Å². The first-order chi connectivity index (χ1) is 8.19. The molecule has 4 heteroatoms. The molecule has 0 aromatic carbocycles. The Labute approximate surface area is 104 Å². The lowest BCUT2D eigenvalue weighted by Gasteiger charge is -2.32. The van der Waals surface area contributed by atoms with Gasteiger partial charge in [-0.05, 0) is 25.2 Å². The van der Waals surface area contributed by atoms with Crippen molar-refractivity contribution >= 4 is 5.91 Å². The fourth-order valence-corrected chi connectivity index (χ4v) is 2.55. The van der Waals surface area contributed by atoms with Crippen LogP contribution in [-0.2, 0) is 9.53 Å². The summed E-state index contributed by atoms with van der Waals surface area (Å²) in [6.07, 6.45) is 6.56. The molecule has 0 aromatic heterocycles. The molecular formula is C13H26N2O2. The Morgan fingerprint density at radius 1 is 1.47 bits per heavy atom. The second-order valence-electron chi connectivity index (χ2n) is 4.96. The van der Waals surface area contributed by atoms with E-state index < -0.39 is 6.04 Å². The molecule has 100 valence electrons. The fourth-order valence-electron chi connectivity index (χ4n) is 2.55. The zero-order valence-electron chi connectivity index (χ0n) is 11.1. The van der Waals surface area contributed by atoms with Gasteiger partial charge >= 0.3 is 0 Å². The molecule has 3 atom stereocenters. The van der Waals surface area contributed by atoms with Gasteiger partial charge in [0.15, 0.2) is 0 Å². The Kier molecular flexibility index (Phi) is 6.52. The van der Waals surface area contributed by atoms with Crippen LogP contribution in [-0.4, -0.2) is 31.7 Å². The van der Waals surface area contributed by atoms with Crippen molar-refractivity contribution in [1.29, 1.82) is 0 Å². The SMILES string of the molecule is CCC1CCCCC1NC(=O)C(N)CCOC. The van der Waals surface area contributed by atoms with Crippen molar-refractivity contribution in [3.05, 3.63) is 0 Å². The Bertz CT molecular complexity index is 233. The average molecular weight is 242 g/mol. The highest BCUT2D eigenvalue weighted by Crippen LogP contribution is 2.26.